The van der Waals surface area contributed by atoms with Crippen LogP contribution in [0.1, 0.15) is 53.1 Å². The van der Waals surface area contributed by atoms with Gasteiger partial charge in [0.1, 0.15) is 11.4 Å². The van der Waals surface area contributed by atoms with Crippen molar-refractivity contribution in [3.05, 3.63) is 89.0 Å². The fraction of sp³-hybridized carbons (Fsp3) is 0.231. The number of hydrogen-bond acceptors (Lipinski definition) is 6. The predicted molar refractivity (Wildman–Crippen MR) is 134 cm³/mol. The van der Waals surface area contributed by atoms with Crippen molar-refractivity contribution in [3.8, 4) is 5.75 Å². The maximum absolute atomic E-state index is 14.5. The van der Waals surface area contributed by atoms with Crippen molar-refractivity contribution in [2.45, 2.75) is 38.3 Å². The van der Waals surface area contributed by atoms with Crippen LogP contribution < -0.4 is 10.1 Å². The van der Waals surface area contributed by atoms with Gasteiger partial charge in [0, 0.05) is 36.6 Å². The third-order valence-electron chi connectivity index (χ3n) is 5.77. The number of anilines is 1. The zero-order valence-electron chi connectivity index (χ0n) is 18.9. The number of pyridine rings is 2. The molecular weight excluding hydrogens is 465 g/mol. The van der Waals surface area contributed by atoms with E-state index in [0.717, 1.165) is 31.2 Å². The Bertz CT molecular complexity index is 1330. The molecule has 0 aliphatic heterocycles. The molecule has 178 valence electrons. The van der Waals surface area contributed by atoms with E-state index in [1.807, 2.05) is 29.0 Å². The Morgan fingerprint density at radius 3 is 2.86 bits per heavy atom. The first-order valence-corrected chi connectivity index (χ1v) is 12.3. The molecule has 0 radical (unpaired) electrons. The number of rotatable bonds is 8. The zero-order valence-corrected chi connectivity index (χ0v) is 19.7. The maximum Gasteiger partial charge on any atom is 0.274 e. The summed E-state index contributed by atoms with van der Waals surface area (Å²) in [5.41, 5.74) is 2.38. The van der Waals surface area contributed by atoms with Crippen molar-refractivity contribution in [2.75, 3.05) is 5.32 Å². The van der Waals surface area contributed by atoms with Crippen molar-refractivity contribution in [2.24, 2.45) is 0 Å². The molecule has 1 aliphatic carbocycles. The van der Waals surface area contributed by atoms with E-state index >= 15 is 0 Å². The molecule has 1 amide bonds. The second kappa shape index (κ2) is 10.6. The monoisotopic (exact) mass is 489 g/mol. The Kier molecular flexibility index (Phi) is 6.94. The number of nitrogens with zero attached hydrogens (tertiary/aromatic N) is 4. The smallest absolute Gasteiger partial charge is 0.274 e. The van der Waals surface area contributed by atoms with Gasteiger partial charge in [0.05, 0.1) is 23.7 Å². The van der Waals surface area contributed by atoms with Crippen LogP contribution >= 0.6 is 11.3 Å². The van der Waals surface area contributed by atoms with Gasteiger partial charge in [-0.2, -0.15) is 0 Å². The van der Waals surface area contributed by atoms with E-state index in [-0.39, 0.29) is 17.7 Å². The summed E-state index contributed by atoms with van der Waals surface area (Å²) >= 11 is 1.30. The Labute approximate surface area is 206 Å². The highest BCUT2D eigenvalue weighted by Gasteiger charge is 2.17. The number of hydrogen-bond donors (Lipinski definition) is 1. The van der Waals surface area contributed by atoms with Crippen LogP contribution in [-0.2, 0) is 6.54 Å². The fourth-order valence-electron chi connectivity index (χ4n) is 4.01. The van der Waals surface area contributed by atoms with Crippen molar-refractivity contribution in [1.29, 1.82) is 0 Å². The van der Waals surface area contributed by atoms with E-state index in [2.05, 4.69) is 20.3 Å². The molecule has 1 fully saturated rings. The van der Waals surface area contributed by atoms with Gasteiger partial charge in [-0.1, -0.05) is 0 Å². The van der Waals surface area contributed by atoms with E-state index in [1.165, 1.54) is 17.4 Å². The van der Waals surface area contributed by atoms with Crippen molar-refractivity contribution in [1.82, 2.24) is 19.5 Å². The van der Waals surface area contributed by atoms with Crippen LogP contribution in [0.25, 0.3) is 12.2 Å². The molecule has 0 bridgehead atoms. The maximum atomic E-state index is 14.5. The molecular formula is C26H24FN5O2S. The topological polar surface area (TPSA) is 81.9 Å². The van der Waals surface area contributed by atoms with Gasteiger partial charge in [-0.05, 0) is 67.7 Å². The molecule has 35 heavy (non-hydrogen) atoms. The lowest BCUT2D eigenvalue weighted by Gasteiger charge is -2.12. The molecule has 4 aromatic rings. The summed E-state index contributed by atoms with van der Waals surface area (Å²) in [7, 11) is 0. The Hall–Kier alpha value is -3.85. The first kappa shape index (κ1) is 22.9. The minimum atomic E-state index is -0.449. The van der Waals surface area contributed by atoms with Crippen LogP contribution in [0.3, 0.4) is 0 Å². The van der Waals surface area contributed by atoms with E-state index in [0.29, 0.717) is 28.8 Å². The molecule has 0 atom stereocenters. The minimum Gasteiger partial charge on any atom is -0.489 e. The number of carbonyl (C=O) groups excluding carboxylic acids is 1. The van der Waals surface area contributed by atoms with E-state index in [1.54, 1.807) is 42.2 Å². The third-order valence-corrected chi connectivity index (χ3v) is 6.54. The van der Waals surface area contributed by atoms with Crippen LogP contribution in [0.5, 0.6) is 5.75 Å². The van der Waals surface area contributed by atoms with Crippen LogP contribution in [0, 0.1) is 5.82 Å². The predicted octanol–water partition coefficient (Wildman–Crippen LogP) is 5.67. The van der Waals surface area contributed by atoms with Gasteiger partial charge in [0.25, 0.3) is 5.91 Å². The molecule has 0 spiro atoms. The molecule has 1 saturated carbocycles. The average Bonchev–Trinajstić information content (AvgIpc) is 3.62. The zero-order chi connectivity index (χ0) is 24.0. The van der Waals surface area contributed by atoms with Crippen LogP contribution in [0.15, 0.2) is 60.5 Å². The molecule has 4 heterocycles. The minimum absolute atomic E-state index is 0.153. The van der Waals surface area contributed by atoms with E-state index in [9.17, 15) is 9.18 Å². The number of nitrogens with one attached hydrogen (secondary N) is 1. The molecule has 1 N–H and O–H groups in total. The molecule has 9 heteroatoms. The van der Waals surface area contributed by atoms with Gasteiger partial charge >= 0.3 is 0 Å². The summed E-state index contributed by atoms with van der Waals surface area (Å²) in [6, 6.07) is 8.79. The van der Waals surface area contributed by atoms with Crippen LogP contribution in [0.2, 0.25) is 0 Å². The molecule has 1 aliphatic rings. The number of halogens is 1. The fourth-order valence-corrected chi connectivity index (χ4v) is 4.68. The van der Waals surface area contributed by atoms with Gasteiger partial charge < -0.3 is 9.30 Å². The Morgan fingerprint density at radius 1 is 1.23 bits per heavy atom. The molecule has 0 aromatic carbocycles. The highest BCUT2D eigenvalue weighted by molar-refractivity contribution is 7.14. The summed E-state index contributed by atoms with van der Waals surface area (Å²) in [4.78, 5) is 25.4. The first-order valence-electron chi connectivity index (χ1n) is 11.5. The van der Waals surface area contributed by atoms with E-state index < -0.39 is 5.82 Å². The SMILES string of the molecule is O=C(Nc1nc(/C=C/c2ncc(OC3CCCC3)cc2F)cs1)c1cccn1Cc1ccncc1. The summed E-state index contributed by atoms with van der Waals surface area (Å²) in [5, 5.41) is 5.09. The standard InChI is InChI=1S/C26H24FN5O2S/c27-22-14-21(34-20-4-1-2-5-20)15-29-23(22)8-7-19-17-35-26(30-19)31-25(33)24-6-3-13-32(24)16-18-9-11-28-12-10-18/h3,6-15,17,20H,1-2,4-5,16H2,(H,30,31,33)/b8-7+. The summed E-state index contributed by atoms with van der Waals surface area (Å²) in [6.45, 7) is 0.563. The van der Waals surface area contributed by atoms with Gasteiger partial charge in [-0.3, -0.25) is 15.1 Å². The van der Waals surface area contributed by atoms with Crippen LogP contribution in [-0.4, -0.2) is 31.5 Å². The normalized spacial score (nSPS) is 14.0. The van der Waals surface area contributed by atoms with Crippen molar-refractivity contribution < 1.29 is 13.9 Å². The second-order valence-corrected chi connectivity index (χ2v) is 9.16. The van der Waals surface area contributed by atoms with E-state index in [4.69, 9.17) is 4.74 Å². The van der Waals surface area contributed by atoms with Gasteiger partial charge in [-0.15, -0.1) is 11.3 Å². The summed E-state index contributed by atoms with van der Waals surface area (Å²) < 4.78 is 22.2. The molecule has 0 unspecified atom stereocenters. The molecule has 5 rings (SSSR count). The Balaban J connectivity index is 1.21. The summed E-state index contributed by atoms with van der Waals surface area (Å²) in [6.07, 6.45) is 14.5. The van der Waals surface area contributed by atoms with Crippen molar-refractivity contribution >= 4 is 34.5 Å². The van der Waals surface area contributed by atoms with Gasteiger partial charge in [-0.25, -0.2) is 14.4 Å². The Morgan fingerprint density at radius 2 is 2.06 bits per heavy atom. The number of amides is 1. The average molecular weight is 490 g/mol. The number of carbonyl (C=O) groups is 1. The first-order chi connectivity index (χ1) is 17.1. The van der Waals surface area contributed by atoms with Crippen LogP contribution in [0.4, 0.5) is 9.52 Å². The number of ether oxygens (including phenoxy) is 1. The number of aromatic nitrogens is 4. The molecule has 0 saturated heterocycles. The molecule has 4 aromatic heterocycles. The number of thiazole rings is 1. The van der Waals surface area contributed by atoms with Crippen molar-refractivity contribution in [3.63, 3.8) is 0 Å². The lowest BCUT2D eigenvalue weighted by atomic mass is 10.2. The quantitative estimate of drug-likeness (QED) is 0.345. The van der Waals surface area contributed by atoms with Gasteiger partial charge in [0.2, 0.25) is 0 Å². The summed E-state index contributed by atoms with van der Waals surface area (Å²) in [5.74, 6) is -0.242. The lowest BCUT2D eigenvalue weighted by Crippen LogP contribution is -2.17. The van der Waals surface area contributed by atoms with Gasteiger partial charge in [0.15, 0.2) is 10.9 Å². The highest BCUT2D eigenvalue weighted by Crippen LogP contribution is 2.25. The third kappa shape index (κ3) is 5.81. The largest absolute Gasteiger partial charge is 0.489 e. The highest BCUT2D eigenvalue weighted by atomic mass is 32.1. The second-order valence-electron chi connectivity index (χ2n) is 8.30. The lowest BCUT2D eigenvalue weighted by molar-refractivity contribution is 0.101. The molecule has 7 nitrogen and oxygen atoms in total.